The Bertz CT molecular complexity index is 450. The third-order valence-corrected chi connectivity index (χ3v) is 2.55. The van der Waals surface area contributed by atoms with Crippen LogP contribution in [0.2, 0.25) is 0 Å². The van der Waals surface area contributed by atoms with E-state index in [1.54, 1.807) is 33.1 Å². The summed E-state index contributed by atoms with van der Waals surface area (Å²) in [6.07, 6.45) is -0.713. The Morgan fingerprint density at radius 1 is 1.50 bits per heavy atom. The Morgan fingerprint density at radius 3 is 2.50 bits per heavy atom. The number of aliphatic carboxylic acids is 1. The van der Waals surface area contributed by atoms with Crippen molar-refractivity contribution in [1.82, 2.24) is 4.98 Å². The number of aromatic nitrogens is 1. The Kier molecular flexibility index (Phi) is 4.28. The van der Waals surface area contributed by atoms with Gasteiger partial charge in [0.25, 0.3) is 0 Å². The molecule has 0 aliphatic carbocycles. The number of carboxylic acid groups (broad SMARTS) is 1. The average Bonchev–Trinajstić information content (AvgIpc) is 2.57. The van der Waals surface area contributed by atoms with Crippen LogP contribution in [-0.4, -0.2) is 34.3 Å². The van der Waals surface area contributed by atoms with Gasteiger partial charge in [-0.25, -0.2) is 14.7 Å². The quantitative estimate of drug-likeness (QED) is 0.913. The van der Waals surface area contributed by atoms with E-state index >= 15 is 0 Å². The van der Waals surface area contributed by atoms with Gasteiger partial charge in [0.2, 0.25) is 0 Å². The third-order valence-electron chi connectivity index (χ3n) is 1.79. The minimum absolute atomic E-state index is 0.300. The highest BCUT2D eigenvalue weighted by molar-refractivity contribution is 7.09. The first kappa shape index (κ1) is 14.4. The highest BCUT2D eigenvalue weighted by Crippen LogP contribution is 2.20. The molecule has 18 heavy (non-hydrogen) atoms. The smallest absolute Gasteiger partial charge is 0.416 e. The van der Waals surface area contributed by atoms with Crippen molar-refractivity contribution >= 4 is 29.2 Å². The Hall–Kier alpha value is -1.63. The first-order valence-corrected chi connectivity index (χ1v) is 6.21. The van der Waals surface area contributed by atoms with Gasteiger partial charge in [-0.05, 0) is 27.7 Å². The maximum Gasteiger partial charge on any atom is 0.416 e. The molecule has 0 aromatic carbocycles. The number of thiazole rings is 1. The molecule has 1 rings (SSSR count). The molecular formula is C11H16N2O4S. The van der Waals surface area contributed by atoms with Crippen molar-refractivity contribution in [3.05, 3.63) is 10.4 Å². The molecule has 0 aliphatic heterocycles. The molecule has 0 fully saturated rings. The Balaban J connectivity index is 2.91. The van der Waals surface area contributed by atoms with Crippen molar-refractivity contribution in [2.45, 2.75) is 33.3 Å². The summed E-state index contributed by atoms with van der Waals surface area (Å²) in [7, 11) is 0. The van der Waals surface area contributed by atoms with E-state index in [0.29, 0.717) is 5.82 Å². The predicted octanol–water partition coefficient (Wildman–Crippen LogP) is 2.28. The van der Waals surface area contributed by atoms with Gasteiger partial charge in [-0.1, -0.05) is 0 Å². The van der Waals surface area contributed by atoms with Gasteiger partial charge >= 0.3 is 12.1 Å². The summed E-state index contributed by atoms with van der Waals surface area (Å²) in [5.41, 5.74) is -0.682. The molecule has 1 heterocycles. The maximum absolute atomic E-state index is 11.9. The van der Waals surface area contributed by atoms with E-state index in [9.17, 15) is 9.59 Å². The van der Waals surface area contributed by atoms with Crippen LogP contribution >= 0.6 is 11.3 Å². The molecule has 100 valence electrons. The van der Waals surface area contributed by atoms with Crippen LogP contribution in [0.4, 0.5) is 10.6 Å². The lowest BCUT2D eigenvalue weighted by Crippen LogP contribution is -2.40. The van der Waals surface area contributed by atoms with Crippen LogP contribution in [-0.2, 0) is 9.53 Å². The normalized spacial score (nSPS) is 11.1. The highest BCUT2D eigenvalue weighted by atomic mass is 32.1. The van der Waals surface area contributed by atoms with E-state index in [0.717, 1.165) is 9.91 Å². The van der Waals surface area contributed by atoms with E-state index in [4.69, 9.17) is 9.84 Å². The minimum Gasteiger partial charge on any atom is -0.480 e. The van der Waals surface area contributed by atoms with Crippen LogP contribution in [0.1, 0.15) is 25.8 Å². The van der Waals surface area contributed by atoms with Crippen molar-refractivity contribution in [3.8, 4) is 0 Å². The molecule has 7 heteroatoms. The largest absolute Gasteiger partial charge is 0.480 e. The van der Waals surface area contributed by atoms with Crippen LogP contribution in [0, 0.1) is 6.92 Å². The van der Waals surface area contributed by atoms with Gasteiger partial charge in [0.1, 0.15) is 18.0 Å². The fourth-order valence-corrected chi connectivity index (χ4v) is 1.77. The number of nitrogens with zero attached hydrogens (tertiary/aromatic N) is 2. The first-order valence-electron chi connectivity index (χ1n) is 5.33. The average molecular weight is 272 g/mol. The molecule has 1 aromatic rings. The molecule has 0 aliphatic rings. The van der Waals surface area contributed by atoms with Crippen molar-refractivity contribution in [3.63, 3.8) is 0 Å². The number of ether oxygens (including phenoxy) is 1. The van der Waals surface area contributed by atoms with Gasteiger partial charge in [-0.3, -0.25) is 4.79 Å². The number of anilines is 1. The monoisotopic (exact) mass is 272 g/mol. The van der Waals surface area contributed by atoms with E-state index in [-0.39, 0.29) is 0 Å². The van der Waals surface area contributed by atoms with Crippen LogP contribution in [0.15, 0.2) is 5.38 Å². The van der Waals surface area contributed by atoms with Crippen LogP contribution in [0.25, 0.3) is 0 Å². The van der Waals surface area contributed by atoms with Crippen molar-refractivity contribution in [1.29, 1.82) is 0 Å². The molecule has 0 atom stereocenters. The molecule has 0 radical (unpaired) electrons. The first-order chi connectivity index (χ1) is 8.19. The third kappa shape index (κ3) is 4.33. The van der Waals surface area contributed by atoms with Crippen molar-refractivity contribution in [2.75, 3.05) is 11.4 Å². The van der Waals surface area contributed by atoms with Gasteiger partial charge in [-0.2, -0.15) is 0 Å². The Labute approximate surface area is 109 Å². The molecule has 0 bridgehead atoms. The number of carbonyl (C=O) groups excluding carboxylic acids is 1. The summed E-state index contributed by atoms with van der Waals surface area (Å²) < 4.78 is 5.15. The zero-order valence-electron chi connectivity index (χ0n) is 10.8. The molecule has 6 nitrogen and oxygen atoms in total. The van der Waals surface area contributed by atoms with Gasteiger partial charge in [0.05, 0.1) is 5.01 Å². The van der Waals surface area contributed by atoms with Crippen molar-refractivity contribution in [2.24, 2.45) is 0 Å². The second-order valence-corrected chi connectivity index (χ2v) is 5.75. The summed E-state index contributed by atoms with van der Waals surface area (Å²) in [6, 6.07) is 0. The summed E-state index contributed by atoms with van der Waals surface area (Å²) in [4.78, 5) is 27.8. The fourth-order valence-electron chi connectivity index (χ4n) is 1.17. The number of rotatable bonds is 3. The van der Waals surface area contributed by atoms with E-state index < -0.39 is 24.2 Å². The van der Waals surface area contributed by atoms with Crippen LogP contribution in [0.3, 0.4) is 0 Å². The number of aryl methyl sites for hydroxylation is 1. The SMILES string of the molecule is Cc1nc(N(CC(=O)O)C(=O)OC(C)(C)C)cs1. The number of amides is 1. The summed E-state index contributed by atoms with van der Waals surface area (Å²) in [6.45, 7) is 6.46. The van der Waals surface area contributed by atoms with E-state index in [2.05, 4.69) is 4.98 Å². The lowest BCUT2D eigenvalue weighted by atomic mass is 10.2. The number of hydrogen-bond acceptors (Lipinski definition) is 5. The molecule has 0 saturated heterocycles. The van der Waals surface area contributed by atoms with Crippen molar-refractivity contribution < 1.29 is 19.4 Å². The topological polar surface area (TPSA) is 79.7 Å². The molecule has 1 aromatic heterocycles. The highest BCUT2D eigenvalue weighted by Gasteiger charge is 2.26. The van der Waals surface area contributed by atoms with E-state index in [1.807, 2.05) is 0 Å². The summed E-state index contributed by atoms with van der Waals surface area (Å²) in [5, 5.41) is 11.2. The zero-order chi connectivity index (χ0) is 13.9. The van der Waals surface area contributed by atoms with Gasteiger partial charge in [0.15, 0.2) is 0 Å². The molecule has 0 spiro atoms. The second kappa shape index (κ2) is 5.34. The Morgan fingerprint density at radius 2 is 2.11 bits per heavy atom. The lowest BCUT2D eigenvalue weighted by molar-refractivity contribution is -0.135. The number of carbonyl (C=O) groups is 2. The maximum atomic E-state index is 11.9. The molecule has 1 amide bonds. The number of hydrogen-bond donors (Lipinski definition) is 1. The lowest BCUT2D eigenvalue weighted by Gasteiger charge is -2.25. The zero-order valence-corrected chi connectivity index (χ0v) is 11.6. The standard InChI is InChI=1S/C11H16N2O4S/c1-7-12-8(6-18-7)13(5-9(14)15)10(16)17-11(2,3)4/h6H,5H2,1-4H3,(H,14,15). The van der Waals surface area contributed by atoms with E-state index in [1.165, 1.54) is 11.3 Å². The molecule has 0 unspecified atom stereocenters. The van der Waals surface area contributed by atoms with Gasteiger partial charge in [0, 0.05) is 5.38 Å². The summed E-state index contributed by atoms with van der Waals surface area (Å²) >= 11 is 1.34. The van der Waals surface area contributed by atoms with Gasteiger partial charge in [-0.15, -0.1) is 11.3 Å². The van der Waals surface area contributed by atoms with Gasteiger partial charge < -0.3 is 9.84 Å². The molecule has 0 saturated carbocycles. The molecular weight excluding hydrogens is 256 g/mol. The summed E-state index contributed by atoms with van der Waals surface area (Å²) in [5.74, 6) is -0.819. The predicted molar refractivity (Wildman–Crippen MR) is 68.1 cm³/mol. The minimum atomic E-state index is -1.12. The second-order valence-electron chi connectivity index (χ2n) is 4.68. The molecule has 1 N–H and O–H groups in total. The van der Waals surface area contributed by atoms with Crippen LogP contribution < -0.4 is 4.90 Å². The fraction of sp³-hybridized carbons (Fsp3) is 0.545. The number of carboxylic acids is 1. The van der Waals surface area contributed by atoms with Crippen LogP contribution in [0.5, 0.6) is 0 Å².